The lowest BCUT2D eigenvalue weighted by Gasteiger charge is -2.33. The molecule has 0 N–H and O–H groups in total. The normalized spacial score (nSPS) is 20.5. The van der Waals surface area contributed by atoms with Gasteiger partial charge in [0.2, 0.25) is 5.91 Å². The first-order chi connectivity index (χ1) is 14.1. The molecule has 0 aromatic heterocycles. The largest absolute Gasteiger partial charge is 0.444 e. The van der Waals surface area contributed by atoms with Crippen molar-refractivity contribution < 1.29 is 19.1 Å². The minimum absolute atomic E-state index is 0.1000. The van der Waals surface area contributed by atoms with E-state index in [9.17, 15) is 14.4 Å². The van der Waals surface area contributed by atoms with E-state index in [4.69, 9.17) is 4.74 Å². The Balaban J connectivity index is 1.53. The van der Waals surface area contributed by atoms with Crippen LogP contribution in [0.1, 0.15) is 58.4 Å². The number of hydrogen-bond acceptors (Lipinski definition) is 5. The molecule has 0 saturated carbocycles. The lowest BCUT2D eigenvalue weighted by molar-refractivity contribution is -0.117. The van der Waals surface area contributed by atoms with Crippen LogP contribution < -0.4 is 4.90 Å². The first-order valence-electron chi connectivity index (χ1n) is 10.6. The van der Waals surface area contributed by atoms with Crippen LogP contribution in [0.15, 0.2) is 24.3 Å². The first-order valence-corrected chi connectivity index (χ1v) is 11.6. The third-order valence-electron chi connectivity index (χ3n) is 5.55. The smallest absolute Gasteiger partial charge is 0.410 e. The summed E-state index contributed by atoms with van der Waals surface area (Å²) < 4.78 is 5.47. The predicted molar refractivity (Wildman–Crippen MR) is 120 cm³/mol. The van der Waals surface area contributed by atoms with Crippen LogP contribution in [0.25, 0.3) is 0 Å². The second-order valence-corrected chi connectivity index (χ2v) is 10.4. The van der Waals surface area contributed by atoms with Gasteiger partial charge >= 0.3 is 6.09 Å². The molecule has 2 aliphatic heterocycles. The molecule has 0 aliphatic carbocycles. The van der Waals surface area contributed by atoms with E-state index in [-0.39, 0.29) is 23.0 Å². The van der Waals surface area contributed by atoms with Crippen molar-refractivity contribution in [1.82, 2.24) is 4.90 Å². The van der Waals surface area contributed by atoms with Crippen LogP contribution in [-0.4, -0.2) is 53.0 Å². The van der Waals surface area contributed by atoms with Gasteiger partial charge in [0.25, 0.3) is 0 Å². The fourth-order valence-corrected chi connectivity index (χ4v) is 4.72. The third-order valence-corrected chi connectivity index (χ3v) is 6.59. The fourth-order valence-electron chi connectivity index (χ4n) is 4.03. The van der Waals surface area contributed by atoms with Crippen molar-refractivity contribution in [2.24, 2.45) is 5.92 Å². The molecule has 1 aromatic carbocycles. The molecule has 7 heteroatoms. The lowest BCUT2D eigenvalue weighted by Crippen LogP contribution is -2.41. The number of benzene rings is 1. The van der Waals surface area contributed by atoms with Crippen LogP contribution in [0.4, 0.5) is 10.5 Å². The van der Waals surface area contributed by atoms with Crippen molar-refractivity contribution in [1.29, 1.82) is 0 Å². The topological polar surface area (TPSA) is 66.9 Å². The number of nitrogens with zero attached hydrogens (tertiary/aromatic N) is 2. The lowest BCUT2D eigenvalue weighted by atomic mass is 9.89. The summed E-state index contributed by atoms with van der Waals surface area (Å²) in [7, 11) is 0. The van der Waals surface area contributed by atoms with Gasteiger partial charge in [-0.25, -0.2) is 4.79 Å². The van der Waals surface area contributed by atoms with Gasteiger partial charge in [0.15, 0.2) is 5.12 Å². The summed E-state index contributed by atoms with van der Waals surface area (Å²) >= 11 is 1.30. The minimum atomic E-state index is -0.472. The molecule has 1 atom stereocenters. The SMILES string of the molecule is CC(=O)SCC1CC(=O)N(c2ccc(C3CCN(C(=O)OC(C)(C)C)CC3)cc2)C1. The molecule has 0 spiro atoms. The standard InChI is InChI=1S/C23H32N2O4S/c1-16(26)30-15-17-13-21(27)25(14-17)20-7-5-18(6-8-20)19-9-11-24(12-10-19)22(28)29-23(2,3)4/h5-8,17,19H,9-15H2,1-4H3. The second-order valence-electron chi connectivity index (χ2n) is 9.21. The molecule has 2 fully saturated rings. The van der Waals surface area contributed by atoms with Gasteiger partial charge in [-0.05, 0) is 63.1 Å². The number of carbonyl (C=O) groups is 3. The van der Waals surface area contributed by atoms with Crippen molar-refractivity contribution in [2.45, 2.75) is 58.5 Å². The Labute approximate surface area is 183 Å². The van der Waals surface area contributed by atoms with E-state index < -0.39 is 5.60 Å². The highest BCUT2D eigenvalue weighted by Crippen LogP contribution is 2.32. The third kappa shape index (κ3) is 6.00. The van der Waals surface area contributed by atoms with E-state index in [1.165, 1.54) is 17.3 Å². The highest BCUT2D eigenvalue weighted by Gasteiger charge is 2.31. The molecule has 2 amide bonds. The van der Waals surface area contributed by atoms with Crippen molar-refractivity contribution in [3.8, 4) is 0 Å². The number of ether oxygens (including phenoxy) is 1. The molecule has 2 heterocycles. The van der Waals surface area contributed by atoms with E-state index in [0.717, 1.165) is 18.5 Å². The van der Waals surface area contributed by atoms with Gasteiger partial charge in [0, 0.05) is 44.4 Å². The zero-order chi connectivity index (χ0) is 21.9. The average molecular weight is 433 g/mol. The van der Waals surface area contributed by atoms with Gasteiger partial charge in [-0.1, -0.05) is 23.9 Å². The summed E-state index contributed by atoms with van der Waals surface area (Å²) in [5.41, 5.74) is 1.70. The maximum Gasteiger partial charge on any atom is 0.410 e. The summed E-state index contributed by atoms with van der Waals surface area (Å²) in [6, 6.07) is 8.25. The quantitative estimate of drug-likeness (QED) is 0.704. The molecule has 6 nitrogen and oxygen atoms in total. The molecule has 0 bridgehead atoms. The number of likely N-dealkylation sites (tertiary alicyclic amines) is 1. The number of rotatable bonds is 4. The van der Waals surface area contributed by atoms with Gasteiger partial charge in [-0.15, -0.1) is 0 Å². The summed E-state index contributed by atoms with van der Waals surface area (Å²) in [6.07, 6.45) is 2.09. The Morgan fingerprint density at radius 3 is 2.33 bits per heavy atom. The molecular formula is C23H32N2O4S. The Hall–Kier alpha value is -2.02. The molecular weight excluding hydrogens is 400 g/mol. The minimum Gasteiger partial charge on any atom is -0.444 e. The van der Waals surface area contributed by atoms with E-state index >= 15 is 0 Å². The second kappa shape index (κ2) is 9.41. The van der Waals surface area contributed by atoms with Crippen LogP contribution >= 0.6 is 11.8 Å². The van der Waals surface area contributed by atoms with Gasteiger partial charge in [-0.2, -0.15) is 0 Å². The number of piperidine rings is 1. The van der Waals surface area contributed by atoms with E-state index in [0.29, 0.717) is 37.7 Å². The number of hydrogen-bond donors (Lipinski definition) is 0. The van der Waals surface area contributed by atoms with Crippen molar-refractivity contribution in [2.75, 3.05) is 30.3 Å². The van der Waals surface area contributed by atoms with Crippen LogP contribution in [-0.2, 0) is 14.3 Å². The molecule has 164 valence electrons. The average Bonchev–Trinajstić information content (AvgIpc) is 3.06. The Morgan fingerprint density at radius 2 is 1.77 bits per heavy atom. The van der Waals surface area contributed by atoms with Gasteiger partial charge < -0.3 is 14.5 Å². The molecule has 2 saturated heterocycles. The molecule has 2 aliphatic rings. The number of carbonyl (C=O) groups excluding carboxylic acids is 3. The van der Waals surface area contributed by atoms with Crippen LogP contribution in [0.5, 0.6) is 0 Å². The van der Waals surface area contributed by atoms with Crippen molar-refractivity contribution >= 4 is 34.6 Å². The Morgan fingerprint density at radius 1 is 1.13 bits per heavy atom. The predicted octanol–water partition coefficient (Wildman–Crippen LogP) is 4.43. The van der Waals surface area contributed by atoms with Gasteiger partial charge in [0.05, 0.1) is 0 Å². The molecule has 30 heavy (non-hydrogen) atoms. The van der Waals surface area contributed by atoms with Crippen LogP contribution in [0.2, 0.25) is 0 Å². The number of amides is 2. The highest BCUT2D eigenvalue weighted by molar-refractivity contribution is 8.13. The van der Waals surface area contributed by atoms with Crippen LogP contribution in [0, 0.1) is 5.92 Å². The maximum absolute atomic E-state index is 12.4. The first kappa shape index (κ1) is 22.7. The molecule has 3 rings (SSSR count). The monoisotopic (exact) mass is 432 g/mol. The molecule has 0 radical (unpaired) electrons. The van der Waals surface area contributed by atoms with E-state index in [2.05, 4.69) is 12.1 Å². The number of thioether (sulfide) groups is 1. The Kier molecular flexibility index (Phi) is 7.11. The van der Waals surface area contributed by atoms with Crippen molar-refractivity contribution in [3.63, 3.8) is 0 Å². The molecule has 1 aromatic rings. The zero-order valence-electron chi connectivity index (χ0n) is 18.3. The van der Waals surface area contributed by atoms with Gasteiger partial charge in [-0.3, -0.25) is 9.59 Å². The fraction of sp³-hybridized carbons (Fsp3) is 0.609. The van der Waals surface area contributed by atoms with E-state index in [1.54, 1.807) is 11.8 Å². The highest BCUT2D eigenvalue weighted by atomic mass is 32.2. The van der Waals surface area contributed by atoms with Gasteiger partial charge in [0.1, 0.15) is 5.60 Å². The van der Waals surface area contributed by atoms with E-state index in [1.807, 2.05) is 37.8 Å². The maximum atomic E-state index is 12.4. The van der Waals surface area contributed by atoms with Crippen molar-refractivity contribution in [3.05, 3.63) is 29.8 Å². The molecule has 1 unspecified atom stereocenters. The number of anilines is 1. The zero-order valence-corrected chi connectivity index (χ0v) is 19.2. The Bertz CT molecular complexity index is 779. The summed E-state index contributed by atoms with van der Waals surface area (Å²) in [5.74, 6) is 1.46. The van der Waals surface area contributed by atoms with Crippen LogP contribution in [0.3, 0.4) is 0 Å². The summed E-state index contributed by atoms with van der Waals surface area (Å²) in [5, 5.41) is 0.1000. The summed E-state index contributed by atoms with van der Waals surface area (Å²) in [6.45, 7) is 9.28. The summed E-state index contributed by atoms with van der Waals surface area (Å²) in [4.78, 5) is 39.4.